The number of halogens is 3. The molecule has 0 unspecified atom stereocenters. The third-order valence-electron chi connectivity index (χ3n) is 0.793. The second-order valence-corrected chi connectivity index (χ2v) is 3.85. The minimum absolute atomic E-state index is 0.0798. The van der Waals surface area contributed by atoms with Crippen molar-refractivity contribution in [2.45, 2.75) is 20.0 Å². The summed E-state index contributed by atoms with van der Waals surface area (Å²) in [5, 5.41) is 0. The van der Waals surface area contributed by atoms with Gasteiger partial charge in [-0.15, -0.1) is 0 Å². The Morgan fingerprint density at radius 1 is 1.50 bits per heavy atom. The van der Waals surface area contributed by atoms with Crippen molar-refractivity contribution in [3.05, 3.63) is 0 Å². The van der Waals surface area contributed by atoms with Crippen LogP contribution in [0.25, 0.3) is 0 Å². The first-order valence-electron chi connectivity index (χ1n) is 3.31. The van der Waals surface area contributed by atoms with Crippen LogP contribution in [-0.4, -0.2) is 22.4 Å². The fourth-order valence-electron chi connectivity index (χ4n) is 0.447. The van der Waals surface area contributed by atoms with Crippen LogP contribution in [0, 0.1) is 5.92 Å². The van der Waals surface area contributed by atoms with Crippen LogP contribution in [0.3, 0.4) is 0 Å². The highest BCUT2D eigenvalue weighted by atomic mass is 32.2. The molecule has 0 aliphatic heterocycles. The molecule has 0 aliphatic carbocycles. The SMILES string of the molecule is CC(C)C[S@](=O)N=CC(F)(F)F. The van der Waals surface area contributed by atoms with Gasteiger partial charge in [0, 0.05) is 5.75 Å². The first kappa shape index (κ1) is 11.6. The first-order valence-corrected chi connectivity index (χ1v) is 4.59. The molecule has 72 valence electrons. The molecule has 0 aromatic rings. The molecule has 0 fully saturated rings. The fourth-order valence-corrected chi connectivity index (χ4v) is 1.34. The van der Waals surface area contributed by atoms with Gasteiger partial charge < -0.3 is 0 Å². The van der Waals surface area contributed by atoms with Gasteiger partial charge in [-0.2, -0.15) is 17.6 Å². The Morgan fingerprint density at radius 3 is 2.33 bits per heavy atom. The summed E-state index contributed by atoms with van der Waals surface area (Å²) < 4.78 is 48.0. The summed E-state index contributed by atoms with van der Waals surface area (Å²) in [5.74, 6) is 0.239. The van der Waals surface area contributed by atoms with Crippen LogP contribution in [0.4, 0.5) is 13.2 Å². The maximum Gasteiger partial charge on any atom is 0.427 e. The third kappa shape index (κ3) is 7.71. The summed E-state index contributed by atoms with van der Waals surface area (Å²) in [7, 11) is -1.75. The van der Waals surface area contributed by atoms with Gasteiger partial charge in [0.15, 0.2) is 0 Å². The van der Waals surface area contributed by atoms with Gasteiger partial charge in [-0.25, -0.2) is 4.21 Å². The van der Waals surface area contributed by atoms with Gasteiger partial charge in [0.25, 0.3) is 0 Å². The van der Waals surface area contributed by atoms with Crippen LogP contribution in [0.5, 0.6) is 0 Å². The predicted octanol–water partition coefficient (Wildman–Crippen LogP) is 1.94. The lowest BCUT2D eigenvalue weighted by Crippen LogP contribution is -2.10. The summed E-state index contributed by atoms with van der Waals surface area (Å²) >= 11 is 0. The van der Waals surface area contributed by atoms with Crippen molar-refractivity contribution in [3.8, 4) is 0 Å². The van der Waals surface area contributed by atoms with Gasteiger partial charge in [-0.3, -0.25) is 0 Å². The van der Waals surface area contributed by atoms with Crippen LogP contribution < -0.4 is 0 Å². The van der Waals surface area contributed by atoms with E-state index in [9.17, 15) is 17.4 Å². The molecule has 0 amide bonds. The van der Waals surface area contributed by atoms with Crippen molar-refractivity contribution in [2.75, 3.05) is 5.75 Å². The zero-order chi connectivity index (χ0) is 9.78. The average molecular weight is 201 g/mol. The van der Waals surface area contributed by atoms with Gasteiger partial charge in [0.2, 0.25) is 0 Å². The Morgan fingerprint density at radius 2 is 2.00 bits per heavy atom. The highest BCUT2D eigenvalue weighted by Gasteiger charge is 2.24. The van der Waals surface area contributed by atoms with Gasteiger partial charge in [-0.1, -0.05) is 13.8 Å². The van der Waals surface area contributed by atoms with E-state index in [-0.39, 0.29) is 17.9 Å². The summed E-state index contributed by atoms with van der Waals surface area (Å²) in [6, 6.07) is 0. The minimum Gasteiger partial charge on any atom is -0.235 e. The third-order valence-corrected chi connectivity index (χ3v) is 2.08. The van der Waals surface area contributed by atoms with E-state index in [2.05, 4.69) is 4.40 Å². The summed E-state index contributed by atoms with van der Waals surface area (Å²) in [6.07, 6.45) is -4.70. The zero-order valence-electron chi connectivity index (χ0n) is 6.76. The molecule has 2 nitrogen and oxygen atoms in total. The Hall–Kier alpha value is -0.390. The number of rotatable bonds is 3. The average Bonchev–Trinajstić information content (AvgIpc) is 1.80. The molecule has 6 heteroatoms. The number of hydrogen-bond acceptors (Lipinski definition) is 1. The topological polar surface area (TPSA) is 29.4 Å². The van der Waals surface area contributed by atoms with Gasteiger partial charge in [0.05, 0.1) is 0 Å². The van der Waals surface area contributed by atoms with Crippen molar-refractivity contribution in [1.29, 1.82) is 0 Å². The lowest BCUT2D eigenvalue weighted by molar-refractivity contribution is -0.0533. The molecule has 0 aromatic carbocycles. The zero-order valence-corrected chi connectivity index (χ0v) is 7.58. The number of nitrogens with zero attached hydrogens (tertiary/aromatic N) is 1. The predicted molar refractivity (Wildman–Crippen MR) is 42.4 cm³/mol. The van der Waals surface area contributed by atoms with Crippen molar-refractivity contribution >= 4 is 17.2 Å². The van der Waals surface area contributed by atoms with E-state index in [1.54, 1.807) is 13.8 Å². The lowest BCUT2D eigenvalue weighted by Gasteiger charge is -2.00. The van der Waals surface area contributed by atoms with Crippen molar-refractivity contribution < 1.29 is 17.4 Å². The van der Waals surface area contributed by atoms with Crippen molar-refractivity contribution in [2.24, 2.45) is 10.3 Å². The lowest BCUT2D eigenvalue weighted by atomic mass is 10.3. The minimum atomic E-state index is -4.47. The molecular formula is C6H10F3NOS. The molecule has 0 rings (SSSR count). The molecular weight excluding hydrogens is 191 g/mol. The van der Waals surface area contributed by atoms with E-state index in [0.29, 0.717) is 0 Å². The Bertz CT molecular complexity index is 188. The molecule has 0 bridgehead atoms. The van der Waals surface area contributed by atoms with Gasteiger partial charge in [0.1, 0.15) is 17.2 Å². The van der Waals surface area contributed by atoms with E-state index in [4.69, 9.17) is 0 Å². The number of alkyl halides is 3. The van der Waals surface area contributed by atoms with Crippen molar-refractivity contribution in [1.82, 2.24) is 0 Å². The van der Waals surface area contributed by atoms with Crippen molar-refractivity contribution in [3.63, 3.8) is 0 Å². The van der Waals surface area contributed by atoms with Crippen LogP contribution in [0.1, 0.15) is 13.8 Å². The molecule has 0 radical (unpaired) electrons. The van der Waals surface area contributed by atoms with Gasteiger partial charge in [-0.05, 0) is 5.92 Å². The second kappa shape index (κ2) is 4.59. The Balaban J connectivity index is 3.93. The quantitative estimate of drug-likeness (QED) is 0.641. The van der Waals surface area contributed by atoms with E-state index in [1.165, 1.54) is 0 Å². The molecule has 0 spiro atoms. The van der Waals surface area contributed by atoms with E-state index >= 15 is 0 Å². The summed E-state index contributed by atoms with van der Waals surface area (Å²) in [4.78, 5) is 0. The molecule has 1 atom stereocenters. The summed E-state index contributed by atoms with van der Waals surface area (Å²) in [6.45, 7) is 3.53. The van der Waals surface area contributed by atoms with Crippen LogP contribution in [0.2, 0.25) is 0 Å². The normalized spacial score (nSPS) is 15.8. The highest BCUT2D eigenvalue weighted by Crippen LogP contribution is 2.11. The van der Waals surface area contributed by atoms with Crippen LogP contribution in [0.15, 0.2) is 4.40 Å². The largest absolute Gasteiger partial charge is 0.427 e. The Kier molecular flexibility index (Phi) is 4.44. The van der Waals surface area contributed by atoms with Crippen LogP contribution in [-0.2, 0) is 11.0 Å². The van der Waals surface area contributed by atoms with Crippen LogP contribution >= 0.6 is 0 Å². The van der Waals surface area contributed by atoms with E-state index in [1.807, 2.05) is 0 Å². The second-order valence-electron chi connectivity index (χ2n) is 2.66. The van der Waals surface area contributed by atoms with Gasteiger partial charge >= 0.3 is 6.18 Å². The Labute approximate surface area is 71.5 Å². The molecule has 0 aliphatic rings. The fraction of sp³-hybridized carbons (Fsp3) is 0.833. The molecule has 0 saturated heterocycles. The number of hydrogen-bond donors (Lipinski definition) is 0. The molecule has 0 N–H and O–H groups in total. The maximum absolute atomic E-state index is 11.5. The first-order chi connectivity index (χ1) is 5.31. The summed E-state index contributed by atoms with van der Waals surface area (Å²) in [5.41, 5.74) is 0. The molecule has 0 aromatic heterocycles. The molecule has 0 heterocycles. The highest BCUT2D eigenvalue weighted by molar-refractivity contribution is 7.83. The smallest absolute Gasteiger partial charge is 0.235 e. The monoisotopic (exact) mass is 201 g/mol. The van der Waals surface area contributed by atoms with E-state index < -0.39 is 17.2 Å². The molecule has 12 heavy (non-hydrogen) atoms. The molecule has 0 saturated carbocycles. The maximum atomic E-state index is 11.5. The van der Waals surface area contributed by atoms with E-state index in [0.717, 1.165) is 0 Å². The standard InChI is InChI=1S/C6H10F3NOS/c1-5(2)3-12(11)10-4-6(7,8)9/h4-5H,3H2,1-2H3/t12-/m0/s1.